The van der Waals surface area contributed by atoms with Crippen LogP contribution in [0.1, 0.15) is 22.3 Å². The van der Waals surface area contributed by atoms with Gasteiger partial charge in [0, 0.05) is 62.0 Å². The number of ether oxygens (including phenoxy) is 1. The lowest BCUT2D eigenvalue weighted by Crippen LogP contribution is -2.32. The molecule has 0 amide bonds. The molecule has 0 unspecified atom stereocenters. The van der Waals surface area contributed by atoms with Gasteiger partial charge in [0.25, 0.3) is 0 Å². The number of benzene rings is 9. The fourth-order valence-electron chi connectivity index (χ4n) is 9.72. The first-order valence-electron chi connectivity index (χ1n) is 20.1. The molecule has 1 aliphatic heterocycles. The first-order chi connectivity index (χ1) is 29.3. The van der Waals surface area contributed by atoms with E-state index in [9.17, 15) is 0 Å². The molecule has 0 radical (unpaired) electrons. The SMILES string of the molecule is c1ccc(N(c2ccccc2)c2cccc(N(c3ccc4c(c3)oc3ccccc34)c3cccc4c3-c3ccccc3C43c4ccccc4Oc4ccccc43)c2)cc1. The van der Waals surface area contributed by atoms with Crippen molar-refractivity contribution in [3.05, 3.63) is 241 Å². The van der Waals surface area contributed by atoms with E-state index in [1.54, 1.807) is 0 Å². The maximum Gasteiger partial charge on any atom is 0.137 e. The smallest absolute Gasteiger partial charge is 0.137 e. The molecule has 0 saturated carbocycles. The molecule has 0 N–H and O–H groups in total. The van der Waals surface area contributed by atoms with Gasteiger partial charge in [-0.3, -0.25) is 0 Å². The van der Waals surface area contributed by atoms with Crippen LogP contribution >= 0.6 is 0 Å². The van der Waals surface area contributed by atoms with E-state index in [0.717, 1.165) is 78.7 Å². The van der Waals surface area contributed by atoms with Crippen LogP contribution < -0.4 is 14.5 Å². The lowest BCUT2D eigenvalue weighted by atomic mass is 9.66. The summed E-state index contributed by atoms with van der Waals surface area (Å²) in [6.07, 6.45) is 0. The Kier molecular flexibility index (Phi) is 7.41. The highest BCUT2D eigenvalue weighted by Gasteiger charge is 2.51. The number of furan rings is 1. The molecular formula is C55H36N2O2. The van der Waals surface area contributed by atoms with Crippen LogP contribution in [0.3, 0.4) is 0 Å². The number of nitrogens with zero attached hydrogens (tertiary/aromatic N) is 2. The summed E-state index contributed by atoms with van der Waals surface area (Å²) in [5, 5.41) is 2.20. The van der Waals surface area contributed by atoms with Crippen LogP contribution in [0.2, 0.25) is 0 Å². The van der Waals surface area contributed by atoms with Crippen molar-refractivity contribution in [2.45, 2.75) is 5.41 Å². The second-order valence-electron chi connectivity index (χ2n) is 15.2. The second kappa shape index (κ2) is 13.1. The fourth-order valence-corrected chi connectivity index (χ4v) is 9.72. The Balaban J connectivity index is 1.14. The van der Waals surface area contributed by atoms with Gasteiger partial charge in [-0.1, -0.05) is 133 Å². The summed E-state index contributed by atoms with van der Waals surface area (Å²) in [5.74, 6) is 1.75. The highest BCUT2D eigenvalue weighted by Crippen LogP contribution is 2.64. The van der Waals surface area contributed by atoms with Gasteiger partial charge >= 0.3 is 0 Å². The zero-order valence-electron chi connectivity index (χ0n) is 32.0. The van der Waals surface area contributed by atoms with Gasteiger partial charge < -0.3 is 19.0 Å². The van der Waals surface area contributed by atoms with E-state index in [1.165, 1.54) is 22.3 Å². The van der Waals surface area contributed by atoms with Crippen molar-refractivity contribution in [3.63, 3.8) is 0 Å². The zero-order chi connectivity index (χ0) is 38.9. The Morgan fingerprint density at radius 1 is 0.339 bits per heavy atom. The van der Waals surface area contributed by atoms with Gasteiger partial charge in [-0.2, -0.15) is 0 Å². The highest BCUT2D eigenvalue weighted by molar-refractivity contribution is 6.07. The summed E-state index contributed by atoms with van der Waals surface area (Å²) >= 11 is 0. The minimum absolute atomic E-state index is 0.596. The summed E-state index contributed by atoms with van der Waals surface area (Å²) in [4.78, 5) is 4.73. The molecule has 1 aromatic heterocycles. The van der Waals surface area contributed by atoms with E-state index < -0.39 is 5.41 Å². The molecule has 0 fully saturated rings. The van der Waals surface area contributed by atoms with Gasteiger partial charge in [0.1, 0.15) is 22.7 Å². The Hall–Kier alpha value is -7.82. The van der Waals surface area contributed by atoms with Crippen LogP contribution in [0.5, 0.6) is 11.5 Å². The minimum atomic E-state index is -0.596. The van der Waals surface area contributed by atoms with Gasteiger partial charge in [0.05, 0.1) is 11.1 Å². The number of hydrogen-bond donors (Lipinski definition) is 0. The molecule has 4 nitrogen and oxygen atoms in total. The Labute approximate surface area is 342 Å². The van der Waals surface area contributed by atoms with Crippen LogP contribution in [-0.4, -0.2) is 0 Å². The van der Waals surface area contributed by atoms with E-state index >= 15 is 0 Å². The Morgan fingerprint density at radius 2 is 0.864 bits per heavy atom. The molecule has 1 aliphatic carbocycles. The predicted molar refractivity (Wildman–Crippen MR) is 240 cm³/mol. The van der Waals surface area contributed by atoms with Crippen LogP contribution in [0.25, 0.3) is 33.1 Å². The standard InChI is InChI=1S/C55H36N2O2/c1-3-17-37(18-4-1)56(38-19-5-2-6-20-38)39-21-15-22-40(35-39)57(41-33-34-43-42-23-8-12-30-50(42)58-53(43)36-41)49-29-16-28-48-54(49)44-24-7-9-25-45(44)55(48)46-26-10-13-31-51(46)59-52-32-14-11-27-47(52)55/h1-36H. The quantitative estimate of drug-likeness (QED) is 0.169. The maximum absolute atomic E-state index is 6.66. The summed E-state index contributed by atoms with van der Waals surface area (Å²) < 4.78 is 13.2. The Morgan fingerprint density at radius 3 is 1.59 bits per heavy atom. The predicted octanol–water partition coefficient (Wildman–Crippen LogP) is 15.0. The van der Waals surface area contributed by atoms with Crippen molar-refractivity contribution < 1.29 is 9.15 Å². The normalized spacial score (nSPS) is 13.0. The van der Waals surface area contributed by atoms with Crippen LogP contribution in [-0.2, 0) is 5.41 Å². The molecule has 0 bridgehead atoms. The molecule has 59 heavy (non-hydrogen) atoms. The average Bonchev–Trinajstić information content (AvgIpc) is 3.82. The van der Waals surface area contributed by atoms with E-state index in [4.69, 9.17) is 9.15 Å². The van der Waals surface area contributed by atoms with Crippen LogP contribution in [0, 0.1) is 0 Å². The van der Waals surface area contributed by atoms with Gasteiger partial charge in [-0.05, 0) is 95.6 Å². The number of para-hydroxylation sites is 5. The molecule has 0 atom stereocenters. The first-order valence-corrected chi connectivity index (χ1v) is 20.1. The largest absolute Gasteiger partial charge is 0.457 e. The Bertz CT molecular complexity index is 3140. The minimum Gasteiger partial charge on any atom is -0.457 e. The number of anilines is 6. The molecule has 4 heteroatoms. The van der Waals surface area contributed by atoms with Crippen molar-refractivity contribution in [2.75, 3.05) is 9.80 Å². The third-order valence-corrected chi connectivity index (χ3v) is 12.1. The fraction of sp³-hybridized carbons (Fsp3) is 0.0182. The molecule has 10 aromatic rings. The second-order valence-corrected chi connectivity index (χ2v) is 15.2. The number of hydrogen-bond acceptors (Lipinski definition) is 4. The lowest BCUT2D eigenvalue weighted by molar-refractivity contribution is 0.436. The van der Waals surface area contributed by atoms with E-state index in [2.05, 4.69) is 216 Å². The first kappa shape index (κ1) is 33.3. The maximum atomic E-state index is 6.66. The third-order valence-electron chi connectivity index (χ3n) is 12.1. The van der Waals surface area contributed by atoms with Crippen LogP contribution in [0.4, 0.5) is 34.1 Å². The van der Waals surface area contributed by atoms with Gasteiger partial charge in [0.2, 0.25) is 0 Å². The zero-order valence-corrected chi connectivity index (χ0v) is 32.0. The van der Waals surface area contributed by atoms with Crippen LogP contribution in [0.15, 0.2) is 223 Å². The van der Waals surface area contributed by atoms with E-state index in [-0.39, 0.29) is 0 Å². The molecule has 0 saturated heterocycles. The molecule has 278 valence electrons. The molecule has 2 aliphatic rings. The molecule has 9 aromatic carbocycles. The van der Waals surface area contributed by atoms with E-state index in [1.807, 2.05) is 12.1 Å². The highest BCUT2D eigenvalue weighted by atomic mass is 16.5. The van der Waals surface area contributed by atoms with Crippen molar-refractivity contribution >= 4 is 56.1 Å². The molecule has 2 heterocycles. The third kappa shape index (κ3) is 4.96. The van der Waals surface area contributed by atoms with Crippen molar-refractivity contribution in [3.8, 4) is 22.6 Å². The molecule has 12 rings (SSSR count). The van der Waals surface area contributed by atoms with Crippen molar-refractivity contribution in [1.29, 1.82) is 0 Å². The van der Waals surface area contributed by atoms with E-state index in [0.29, 0.717) is 0 Å². The van der Waals surface area contributed by atoms with Gasteiger partial charge in [-0.15, -0.1) is 0 Å². The van der Waals surface area contributed by atoms with Gasteiger partial charge in [0.15, 0.2) is 0 Å². The average molecular weight is 757 g/mol. The number of rotatable bonds is 6. The molecular weight excluding hydrogens is 721 g/mol. The van der Waals surface area contributed by atoms with Gasteiger partial charge in [-0.25, -0.2) is 0 Å². The summed E-state index contributed by atoms with van der Waals surface area (Å²) in [7, 11) is 0. The number of fused-ring (bicyclic) bond motifs is 12. The van der Waals surface area contributed by atoms with Crippen molar-refractivity contribution in [2.24, 2.45) is 0 Å². The van der Waals surface area contributed by atoms with Crippen molar-refractivity contribution in [1.82, 2.24) is 0 Å². The summed E-state index contributed by atoms with van der Waals surface area (Å²) in [5.41, 5.74) is 14.6. The monoisotopic (exact) mass is 756 g/mol. The molecule has 1 spiro atoms. The summed E-state index contributed by atoms with van der Waals surface area (Å²) in [6, 6.07) is 77.8. The summed E-state index contributed by atoms with van der Waals surface area (Å²) in [6.45, 7) is 0. The topological polar surface area (TPSA) is 28.9 Å². The lowest BCUT2D eigenvalue weighted by Gasteiger charge is -2.39.